The topological polar surface area (TPSA) is 76.2 Å². The standard InChI is InChI=1S/C23H19BrCl2N2O5S/c24-17-9-15(10-18(26)21(17)33-13-14-1-3-16(25)4-2-14)11-19-22(30)28(23(31)34-19)12-20(29)27-5-7-32-8-6-27/h1-4,9-11H,5-8,12-13H2/b19-11+. The Balaban J connectivity index is 1.44. The summed E-state index contributed by atoms with van der Waals surface area (Å²) < 4.78 is 11.7. The van der Waals surface area contributed by atoms with Gasteiger partial charge in [0.25, 0.3) is 11.1 Å². The van der Waals surface area contributed by atoms with Crippen LogP contribution in [0.5, 0.6) is 5.75 Å². The molecule has 2 fully saturated rings. The lowest BCUT2D eigenvalue weighted by Crippen LogP contribution is -2.46. The van der Waals surface area contributed by atoms with Crippen LogP contribution in [0, 0.1) is 0 Å². The van der Waals surface area contributed by atoms with E-state index in [1.165, 1.54) is 0 Å². The van der Waals surface area contributed by atoms with E-state index in [0.29, 0.717) is 58.7 Å². The number of hydrogen-bond donors (Lipinski definition) is 0. The molecule has 0 spiro atoms. The molecular weight excluding hydrogens is 567 g/mol. The Kier molecular flexibility index (Phi) is 8.21. The lowest BCUT2D eigenvalue weighted by atomic mass is 10.2. The Labute approximate surface area is 219 Å². The van der Waals surface area contributed by atoms with E-state index in [4.69, 9.17) is 32.7 Å². The van der Waals surface area contributed by atoms with Gasteiger partial charge in [-0.15, -0.1) is 0 Å². The van der Waals surface area contributed by atoms with Crippen LogP contribution in [0.1, 0.15) is 11.1 Å². The minimum absolute atomic E-state index is 0.220. The number of carbonyl (C=O) groups excluding carboxylic acids is 3. The average molecular weight is 586 g/mol. The average Bonchev–Trinajstić information content (AvgIpc) is 3.07. The largest absolute Gasteiger partial charge is 0.486 e. The highest BCUT2D eigenvalue weighted by atomic mass is 79.9. The zero-order valence-electron chi connectivity index (χ0n) is 17.8. The van der Waals surface area contributed by atoms with Gasteiger partial charge in [-0.2, -0.15) is 0 Å². The molecule has 2 aliphatic heterocycles. The highest BCUT2D eigenvalue weighted by Gasteiger charge is 2.37. The van der Waals surface area contributed by atoms with Crippen LogP contribution in [-0.4, -0.2) is 59.7 Å². The van der Waals surface area contributed by atoms with Crippen molar-refractivity contribution in [2.75, 3.05) is 32.8 Å². The molecule has 178 valence electrons. The summed E-state index contributed by atoms with van der Waals surface area (Å²) in [4.78, 5) is 40.5. The zero-order valence-corrected chi connectivity index (χ0v) is 21.7. The van der Waals surface area contributed by atoms with Crippen molar-refractivity contribution >= 4 is 74.0 Å². The fraction of sp³-hybridized carbons (Fsp3) is 0.261. The number of imide groups is 1. The van der Waals surface area contributed by atoms with Gasteiger partial charge in [0.1, 0.15) is 13.2 Å². The van der Waals surface area contributed by atoms with Crippen LogP contribution in [0.3, 0.4) is 0 Å². The van der Waals surface area contributed by atoms with Gasteiger partial charge in [0.2, 0.25) is 5.91 Å². The van der Waals surface area contributed by atoms with Crippen molar-refractivity contribution in [1.29, 1.82) is 0 Å². The third kappa shape index (κ3) is 5.95. The van der Waals surface area contributed by atoms with E-state index in [1.54, 1.807) is 35.2 Å². The van der Waals surface area contributed by atoms with Crippen molar-refractivity contribution < 1.29 is 23.9 Å². The van der Waals surface area contributed by atoms with Crippen LogP contribution in [0.25, 0.3) is 6.08 Å². The second-order valence-corrected chi connectivity index (χ2v) is 10.2. The summed E-state index contributed by atoms with van der Waals surface area (Å²) in [6, 6.07) is 10.7. The van der Waals surface area contributed by atoms with E-state index in [9.17, 15) is 14.4 Å². The molecular formula is C23H19BrCl2N2O5S. The van der Waals surface area contributed by atoms with Crippen LogP contribution >= 0.6 is 50.9 Å². The molecule has 7 nitrogen and oxygen atoms in total. The number of halogens is 3. The van der Waals surface area contributed by atoms with Crippen molar-refractivity contribution in [2.24, 2.45) is 0 Å². The fourth-order valence-corrected chi connectivity index (χ4v) is 5.33. The molecule has 34 heavy (non-hydrogen) atoms. The summed E-state index contributed by atoms with van der Waals surface area (Å²) in [7, 11) is 0. The number of ether oxygens (including phenoxy) is 2. The number of benzene rings is 2. The maximum Gasteiger partial charge on any atom is 0.294 e. The third-order valence-electron chi connectivity index (χ3n) is 5.15. The number of amides is 3. The molecule has 0 saturated carbocycles. The molecule has 0 atom stereocenters. The first-order chi connectivity index (χ1) is 16.3. The SMILES string of the molecule is O=C(CN1C(=O)S/C(=C/c2cc(Cl)c(OCc3ccc(Cl)cc3)c(Br)c2)C1=O)N1CCOCC1. The summed E-state index contributed by atoms with van der Waals surface area (Å²) in [5.41, 5.74) is 1.54. The lowest BCUT2D eigenvalue weighted by molar-refractivity contribution is -0.139. The maximum atomic E-state index is 12.8. The monoisotopic (exact) mass is 584 g/mol. The van der Waals surface area contributed by atoms with Crippen LogP contribution in [-0.2, 0) is 20.9 Å². The van der Waals surface area contributed by atoms with Gasteiger partial charge < -0.3 is 14.4 Å². The molecule has 0 aliphatic carbocycles. The van der Waals surface area contributed by atoms with E-state index >= 15 is 0 Å². The molecule has 4 rings (SSSR count). The molecule has 2 saturated heterocycles. The van der Waals surface area contributed by atoms with Crippen molar-refractivity contribution in [3.8, 4) is 5.75 Å². The second-order valence-electron chi connectivity index (χ2n) is 7.49. The van der Waals surface area contributed by atoms with E-state index in [-0.39, 0.29) is 17.4 Å². The molecule has 0 aromatic heterocycles. The molecule has 0 radical (unpaired) electrons. The number of morpholine rings is 1. The van der Waals surface area contributed by atoms with Crippen molar-refractivity contribution in [3.05, 3.63) is 66.9 Å². The molecule has 0 unspecified atom stereocenters. The highest BCUT2D eigenvalue weighted by Crippen LogP contribution is 2.38. The quantitative estimate of drug-likeness (QED) is 0.432. The summed E-state index contributed by atoms with van der Waals surface area (Å²) in [6.07, 6.45) is 1.57. The third-order valence-corrected chi connectivity index (χ3v) is 7.17. The summed E-state index contributed by atoms with van der Waals surface area (Å²) in [5.74, 6) is -0.329. The van der Waals surface area contributed by atoms with Gasteiger partial charge in [0, 0.05) is 18.1 Å². The van der Waals surface area contributed by atoms with Gasteiger partial charge in [0.15, 0.2) is 5.75 Å². The van der Waals surface area contributed by atoms with Crippen LogP contribution in [0.4, 0.5) is 4.79 Å². The Morgan fingerprint density at radius 3 is 2.53 bits per heavy atom. The molecule has 2 aromatic carbocycles. The van der Waals surface area contributed by atoms with Crippen molar-refractivity contribution in [1.82, 2.24) is 9.80 Å². The normalized spacial score (nSPS) is 17.6. The minimum Gasteiger partial charge on any atom is -0.486 e. The Hall–Kier alpha value is -2.04. The molecule has 11 heteroatoms. The predicted molar refractivity (Wildman–Crippen MR) is 135 cm³/mol. The van der Waals surface area contributed by atoms with Crippen LogP contribution in [0.15, 0.2) is 45.8 Å². The van der Waals surface area contributed by atoms with Gasteiger partial charge in [-0.3, -0.25) is 19.3 Å². The fourth-order valence-electron chi connectivity index (χ4n) is 3.37. The van der Waals surface area contributed by atoms with Crippen molar-refractivity contribution in [2.45, 2.75) is 6.61 Å². The summed E-state index contributed by atoms with van der Waals surface area (Å²) >= 11 is 16.6. The van der Waals surface area contributed by atoms with Crippen molar-refractivity contribution in [3.63, 3.8) is 0 Å². The van der Waals surface area contributed by atoms with Gasteiger partial charge in [-0.1, -0.05) is 35.3 Å². The first-order valence-electron chi connectivity index (χ1n) is 10.3. The number of nitrogens with zero attached hydrogens (tertiary/aromatic N) is 2. The molecule has 3 amide bonds. The summed E-state index contributed by atoms with van der Waals surface area (Å²) in [6.45, 7) is 1.80. The molecule has 0 N–H and O–H groups in total. The number of carbonyl (C=O) groups is 3. The Morgan fingerprint density at radius 2 is 1.85 bits per heavy atom. The van der Waals surface area contributed by atoms with E-state index < -0.39 is 11.1 Å². The minimum atomic E-state index is -0.507. The second kappa shape index (κ2) is 11.1. The first kappa shape index (κ1) is 25.1. The summed E-state index contributed by atoms with van der Waals surface area (Å²) in [5, 5.41) is 0.504. The highest BCUT2D eigenvalue weighted by molar-refractivity contribution is 9.10. The Morgan fingerprint density at radius 1 is 1.15 bits per heavy atom. The molecule has 2 heterocycles. The molecule has 2 aromatic rings. The number of hydrogen-bond acceptors (Lipinski definition) is 6. The first-order valence-corrected chi connectivity index (χ1v) is 12.7. The van der Waals surface area contributed by atoms with E-state index in [1.807, 2.05) is 12.1 Å². The predicted octanol–water partition coefficient (Wildman–Crippen LogP) is 5.23. The zero-order chi connectivity index (χ0) is 24.2. The molecule has 0 bridgehead atoms. The smallest absolute Gasteiger partial charge is 0.294 e. The van der Waals surface area contributed by atoms with Gasteiger partial charge in [-0.05, 0) is 69.2 Å². The van der Waals surface area contributed by atoms with Gasteiger partial charge in [-0.25, -0.2) is 0 Å². The van der Waals surface area contributed by atoms with E-state index in [0.717, 1.165) is 22.2 Å². The van der Waals surface area contributed by atoms with Gasteiger partial charge in [0.05, 0.1) is 27.6 Å². The number of rotatable bonds is 6. The van der Waals surface area contributed by atoms with Crippen LogP contribution < -0.4 is 4.74 Å². The Bertz CT molecular complexity index is 1130. The molecule has 2 aliphatic rings. The lowest BCUT2D eigenvalue weighted by Gasteiger charge is -2.28. The van der Waals surface area contributed by atoms with Crippen LogP contribution in [0.2, 0.25) is 10.0 Å². The van der Waals surface area contributed by atoms with E-state index in [2.05, 4.69) is 15.9 Å². The number of thioether (sulfide) groups is 1. The maximum absolute atomic E-state index is 12.8. The van der Waals surface area contributed by atoms with Gasteiger partial charge >= 0.3 is 0 Å².